The molecule has 3 rings (SSSR count). The molecule has 0 amide bonds. The first-order chi connectivity index (χ1) is 15.4. The Morgan fingerprint density at radius 1 is 1.09 bits per heavy atom. The van der Waals surface area contributed by atoms with Gasteiger partial charge in [-0.05, 0) is 73.3 Å². The second kappa shape index (κ2) is 11.3. The maximum Gasteiger partial charge on any atom is 0.333 e. The molecule has 5 heteroatoms. The van der Waals surface area contributed by atoms with E-state index in [1.54, 1.807) is 6.92 Å². The molecule has 1 aliphatic rings. The van der Waals surface area contributed by atoms with Gasteiger partial charge in [-0.25, -0.2) is 4.79 Å². The fourth-order valence-electron chi connectivity index (χ4n) is 4.29. The van der Waals surface area contributed by atoms with Crippen LogP contribution in [-0.2, 0) is 22.6 Å². The Morgan fingerprint density at radius 2 is 1.84 bits per heavy atom. The van der Waals surface area contributed by atoms with Gasteiger partial charge in [0.15, 0.2) is 0 Å². The van der Waals surface area contributed by atoms with Crippen LogP contribution in [-0.4, -0.2) is 30.3 Å². The molecule has 1 saturated carbocycles. The fraction of sp³-hybridized carbons (Fsp3) is 0.444. The van der Waals surface area contributed by atoms with E-state index in [0.717, 1.165) is 37.7 Å². The lowest BCUT2D eigenvalue weighted by Gasteiger charge is -2.27. The number of carbonyl (C=O) groups excluding carboxylic acids is 1. The summed E-state index contributed by atoms with van der Waals surface area (Å²) in [5.41, 5.74) is 12.1. The number of hydrogen-bond donors (Lipinski definition) is 2. The number of aryl methyl sites for hydroxylation is 1. The van der Waals surface area contributed by atoms with Gasteiger partial charge in [-0.3, -0.25) is 0 Å². The second-order valence-corrected chi connectivity index (χ2v) is 8.63. The smallest absolute Gasteiger partial charge is 0.333 e. The van der Waals surface area contributed by atoms with E-state index in [1.165, 1.54) is 16.7 Å². The number of aliphatic hydroxyl groups excluding tert-OH is 1. The summed E-state index contributed by atoms with van der Waals surface area (Å²) in [7, 11) is 0. The monoisotopic (exact) mass is 437 g/mol. The summed E-state index contributed by atoms with van der Waals surface area (Å²) >= 11 is 0. The van der Waals surface area contributed by atoms with Gasteiger partial charge in [0.05, 0.1) is 6.61 Å². The van der Waals surface area contributed by atoms with Gasteiger partial charge in [0.25, 0.3) is 0 Å². The van der Waals surface area contributed by atoms with Crippen molar-refractivity contribution in [2.45, 2.75) is 64.5 Å². The van der Waals surface area contributed by atoms with E-state index in [4.69, 9.17) is 15.2 Å². The Bertz CT molecular complexity index is 945. The molecule has 0 radical (unpaired) electrons. The minimum Gasteiger partial charge on any atom is -0.490 e. The molecule has 0 saturated heterocycles. The third-order valence-corrected chi connectivity index (χ3v) is 6.22. The highest BCUT2D eigenvalue weighted by Crippen LogP contribution is 2.36. The molecule has 0 aromatic heterocycles. The van der Waals surface area contributed by atoms with Crippen LogP contribution in [0.4, 0.5) is 0 Å². The predicted molar refractivity (Wildman–Crippen MR) is 128 cm³/mol. The zero-order valence-electron chi connectivity index (χ0n) is 19.2. The molecule has 172 valence electrons. The Morgan fingerprint density at radius 3 is 2.50 bits per heavy atom. The number of ether oxygens (including phenoxy) is 2. The van der Waals surface area contributed by atoms with Crippen molar-refractivity contribution in [1.82, 2.24) is 0 Å². The average Bonchev–Trinajstić information content (AvgIpc) is 2.81. The molecular formula is C27H35NO4. The molecule has 0 aliphatic heterocycles. The van der Waals surface area contributed by atoms with E-state index in [0.29, 0.717) is 28.8 Å². The normalized spacial score (nSPS) is 18.2. The quantitative estimate of drug-likeness (QED) is 0.332. The van der Waals surface area contributed by atoms with Crippen LogP contribution >= 0.6 is 0 Å². The van der Waals surface area contributed by atoms with E-state index in [1.807, 2.05) is 18.2 Å². The van der Waals surface area contributed by atoms with Gasteiger partial charge in [-0.1, -0.05) is 43.8 Å². The summed E-state index contributed by atoms with van der Waals surface area (Å²) in [4.78, 5) is 11.5. The van der Waals surface area contributed by atoms with Gasteiger partial charge in [0.1, 0.15) is 19.0 Å². The van der Waals surface area contributed by atoms with Crippen molar-refractivity contribution in [3.8, 4) is 16.9 Å². The molecule has 0 atom stereocenters. The highest BCUT2D eigenvalue weighted by atomic mass is 16.6. The Kier molecular flexibility index (Phi) is 8.48. The summed E-state index contributed by atoms with van der Waals surface area (Å²) in [5.74, 6) is 0.757. The van der Waals surface area contributed by atoms with Crippen LogP contribution in [0.25, 0.3) is 11.1 Å². The Balaban J connectivity index is 1.77. The van der Waals surface area contributed by atoms with E-state index >= 15 is 0 Å². The highest BCUT2D eigenvalue weighted by molar-refractivity contribution is 5.86. The van der Waals surface area contributed by atoms with Crippen molar-refractivity contribution >= 4 is 5.97 Å². The molecule has 5 nitrogen and oxygen atoms in total. The molecule has 2 aromatic carbocycles. The number of nitrogens with two attached hydrogens (primary N) is 1. The SMILES string of the molecule is C=C(C)C(=O)OCCOc1cc(-c2ccc(C3CCC(N)CC3)cc2CC)ccc1CO. The molecule has 2 aromatic rings. The summed E-state index contributed by atoms with van der Waals surface area (Å²) in [6.45, 7) is 7.56. The molecule has 0 bridgehead atoms. The third-order valence-electron chi connectivity index (χ3n) is 6.22. The van der Waals surface area contributed by atoms with Gasteiger partial charge in [0, 0.05) is 17.2 Å². The summed E-state index contributed by atoms with van der Waals surface area (Å²) in [6, 6.07) is 13.0. The molecule has 1 aliphatic carbocycles. The van der Waals surface area contributed by atoms with E-state index in [2.05, 4.69) is 31.7 Å². The van der Waals surface area contributed by atoms with Crippen molar-refractivity contribution in [1.29, 1.82) is 0 Å². The Labute approximate surface area is 191 Å². The van der Waals surface area contributed by atoms with Crippen molar-refractivity contribution in [3.63, 3.8) is 0 Å². The number of esters is 1. The van der Waals surface area contributed by atoms with E-state index < -0.39 is 5.97 Å². The first-order valence-electron chi connectivity index (χ1n) is 11.5. The molecule has 0 heterocycles. The molecule has 32 heavy (non-hydrogen) atoms. The van der Waals surface area contributed by atoms with Gasteiger partial charge in [-0.15, -0.1) is 0 Å². The van der Waals surface area contributed by atoms with Gasteiger partial charge in [-0.2, -0.15) is 0 Å². The lowest BCUT2D eigenvalue weighted by atomic mass is 9.80. The number of benzene rings is 2. The van der Waals surface area contributed by atoms with Gasteiger partial charge in [0.2, 0.25) is 0 Å². The van der Waals surface area contributed by atoms with Crippen LogP contribution in [0.2, 0.25) is 0 Å². The molecule has 1 fully saturated rings. The Hall–Kier alpha value is -2.63. The molecule has 0 spiro atoms. The van der Waals surface area contributed by atoms with Crippen molar-refractivity contribution in [2.24, 2.45) is 5.73 Å². The highest BCUT2D eigenvalue weighted by Gasteiger charge is 2.21. The maximum atomic E-state index is 11.5. The summed E-state index contributed by atoms with van der Waals surface area (Å²) < 4.78 is 10.9. The third kappa shape index (κ3) is 5.99. The van der Waals surface area contributed by atoms with Crippen LogP contribution in [0.3, 0.4) is 0 Å². The number of carbonyl (C=O) groups is 1. The van der Waals surface area contributed by atoms with Gasteiger partial charge >= 0.3 is 5.97 Å². The minimum absolute atomic E-state index is 0.120. The van der Waals surface area contributed by atoms with E-state index in [-0.39, 0.29) is 19.8 Å². The van der Waals surface area contributed by atoms with Gasteiger partial charge < -0.3 is 20.3 Å². The number of rotatable bonds is 9. The second-order valence-electron chi connectivity index (χ2n) is 8.63. The fourth-order valence-corrected chi connectivity index (χ4v) is 4.29. The summed E-state index contributed by atoms with van der Waals surface area (Å²) in [6.07, 6.45) is 5.44. The maximum absolute atomic E-state index is 11.5. The average molecular weight is 438 g/mol. The van der Waals surface area contributed by atoms with Crippen LogP contribution in [0, 0.1) is 0 Å². The molecular weight excluding hydrogens is 402 g/mol. The lowest BCUT2D eigenvalue weighted by Crippen LogP contribution is -2.25. The zero-order chi connectivity index (χ0) is 23.1. The standard InChI is InChI=1S/C27H35NO4/c1-4-19-15-21(20-7-10-24(28)11-8-20)9-12-25(19)22-5-6-23(17-29)26(16-22)31-13-14-32-27(30)18(2)3/h5-6,9,12,15-16,20,24,29H,2,4,7-8,10-11,13-14,17,28H2,1,3H3. The molecule has 3 N–H and O–H groups in total. The van der Waals surface area contributed by atoms with Crippen molar-refractivity contribution in [2.75, 3.05) is 13.2 Å². The van der Waals surface area contributed by atoms with Crippen LogP contribution in [0.15, 0.2) is 48.6 Å². The topological polar surface area (TPSA) is 81.8 Å². The van der Waals surface area contributed by atoms with Crippen LogP contribution < -0.4 is 10.5 Å². The van der Waals surface area contributed by atoms with Crippen LogP contribution in [0.5, 0.6) is 5.75 Å². The molecule has 0 unspecified atom stereocenters. The predicted octanol–water partition coefficient (Wildman–Crippen LogP) is 4.89. The van der Waals surface area contributed by atoms with E-state index in [9.17, 15) is 9.90 Å². The summed E-state index contributed by atoms with van der Waals surface area (Å²) in [5, 5.41) is 9.71. The first kappa shape index (κ1) is 24.0. The number of aliphatic hydroxyl groups is 1. The van der Waals surface area contributed by atoms with Crippen LogP contribution in [0.1, 0.15) is 62.1 Å². The first-order valence-corrected chi connectivity index (χ1v) is 11.5. The lowest BCUT2D eigenvalue weighted by molar-refractivity contribution is -0.139. The van der Waals surface area contributed by atoms with Crippen molar-refractivity contribution < 1.29 is 19.4 Å². The largest absolute Gasteiger partial charge is 0.490 e. The zero-order valence-corrected chi connectivity index (χ0v) is 19.2. The van der Waals surface area contributed by atoms with Crippen molar-refractivity contribution in [3.05, 3.63) is 65.2 Å². The number of hydrogen-bond acceptors (Lipinski definition) is 5. The minimum atomic E-state index is -0.433.